The summed E-state index contributed by atoms with van der Waals surface area (Å²) in [5, 5.41) is 3.26. The molecule has 0 saturated heterocycles. The molecule has 1 N–H and O–H groups in total. The third-order valence-electron chi connectivity index (χ3n) is 4.32. The van der Waals surface area contributed by atoms with Crippen LogP contribution in [0.4, 0.5) is 0 Å². The van der Waals surface area contributed by atoms with Crippen LogP contribution in [0.25, 0.3) is 0 Å². The molecule has 0 radical (unpaired) electrons. The third-order valence-corrected chi connectivity index (χ3v) is 4.32. The summed E-state index contributed by atoms with van der Waals surface area (Å²) in [7, 11) is 3.79. The van der Waals surface area contributed by atoms with Crippen molar-refractivity contribution in [3.8, 4) is 0 Å². The number of hydrogen-bond donors (Lipinski definition) is 1. The van der Waals surface area contributed by atoms with Gasteiger partial charge in [-0.05, 0) is 43.9 Å². The third kappa shape index (κ3) is 4.30. The lowest BCUT2D eigenvalue weighted by Crippen LogP contribution is -2.37. The molecule has 0 bridgehead atoms. The quantitative estimate of drug-likeness (QED) is 0.750. The van der Waals surface area contributed by atoms with Gasteiger partial charge in [0.25, 0.3) is 0 Å². The van der Waals surface area contributed by atoms with Crippen molar-refractivity contribution in [2.24, 2.45) is 5.92 Å². The molecule has 2 rings (SSSR count). The molecule has 1 unspecified atom stereocenters. The lowest BCUT2D eigenvalue weighted by Gasteiger charge is -2.30. The van der Waals surface area contributed by atoms with Gasteiger partial charge < -0.3 is 10.1 Å². The highest BCUT2D eigenvalue weighted by atomic mass is 16.5. The van der Waals surface area contributed by atoms with E-state index in [1.807, 2.05) is 7.05 Å². The average Bonchev–Trinajstić information content (AvgIpc) is 3.29. The first-order valence-electron chi connectivity index (χ1n) is 7.70. The summed E-state index contributed by atoms with van der Waals surface area (Å²) in [5.74, 6) is 0.892. The number of nitrogens with zero attached hydrogens (tertiary/aromatic N) is 1. The minimum Gasteiger partial charge on any atom is -0.383 e. The fraction of sp³-hybridized carbons (Fsp3) is 0.647. The molecule has 0 amide bonds. The summed E-state index contributed by atoms with van der Waals surface area (Å²) < 4.78 is 5.28. The summed E-state index contributed by atoms with van der Waals surface area (Å²) in [6.07, 6.45) is 2.78. The zero-order valence-electron chi connectivity index (χ0n) is 13.1. The van der Waals surface area contributed by atoms with E-state index in [4.69, 9.17) is 4.74 Å². The Hall–Kier alpha value is -0.900. The second kappa shape index (κ2) is 7.77. The Balaban J connectivity index is 2.05. The van der Waals surface area contributed by atoms with Crippen molar-refractivity contribution in [3.63, 3.8) is 0 Å². The Morgan fingerprint density at radius 3 is 2.60 bits per heavy atom. The van der Waals surface area contributed by atoms with Gasteiger partial charge in [-0.15, -0.1) is 0 Å². The van der Waals surface area contributed by atoms with E-state index < -0.39 is 0 Å². The second-order valence-electron chi connectivity index (χ2n) is 5.84. The average molecular weight is 276 g/mol. The molecule has 1 atom stereocenters. The first-order chi connectivity index (χ1) is 9.76. The van der Waals surface area contributed by atoms with Gasteiger partial charge in [-0.2, -0.15) is 0 Å². The number of ether oxygens (including phenoxy) is 1. The van der Waals surface area contributed by atoms with Gasteiger partial charge >= 0.3 is 0 Å². The summed E-state index contributed by atoms with van der Waals surface area (Å²) in [5.41, 5.74) is 2.84. The molecule has 0 heterocycles. The highest BCUT2D eigenvalue weighted by Gasteiger charge is 2.31. The summed E-state index contributed by atoms with van der Waals surface area (Å²) in [6, 6.07) is 9.41. The Labute approximate surface area is 123 Å². The normalized spacial score (nSPS) is 16.6. The minimum atomic E-state index is 0.660. The van der Waals surface area contributed by atoms with Crippen LogP contribution in [-0.4, -0.2) is 38.3 Å². The fourth-order valence-electron chi connectivity index (χ4n) is 2.81. The zero-order chi connectivity index (χ0) is 14.4. The van der Waals surface area contributed by atoms with Crippen LogP contribution in [0.1, 0.15) is 30.9 Å². The standard InChI is InChI=1S/C17H28N2O/c1-14(15-8-9-15)19(10-11-20-3)13-17-7-5-4-6-16(17)12-18-2/h4-7,14-15,18H,8-13H2,1-3H3. The predicted molar refractivity (Wildman–Crippen MR) is 83.7 cm³/mol. The summed E-state index contributed by atoms with van der Waals surface area (Å²) >= 11 is 0. The molecular formula is C17H28N2O. The van der Waals surface area contributed by atoms with Crippen molar-refractivity contribution in [1.82, 2.24) is 10.2 Å². The summed E-state index contributed by atoms with van der Waals surface area (Å²) in [6.45, 7) is 6.16. The summed E-state index contributed by atoms with van der Waals surface area (Å²) in [4.78, 5) is 2.58. The van der Waals surface area contributed by atoms with Crippen LogP contribution < -0.4 is 5.32 Å². The van der Waals surface area contributed by atoms with Gasteiger partial charge in [0.05, 0.1) is 6.61 Å². The molecule has 112 valence electrons. The first-order valence-corrected chi connectivity index (χ1v) is 7.70. The molecule has 20 heavy (non-hydrogen) atoms. The fourth-order valence-corrected chi connectivity index (χ4v) is 2.81. The highest BCUT2D eigenvalue weighted by Crippen LogP contribution is 2.35. The zero-order valence-corrected chi connectivity index (χ0v) is 13.1. The van der Waals surface area contributed by atoms with Gasteiger partial charge in [-0.25, -0.2) is 0 Å². The van der Waals surface area contributed by atoms with E-state index in [-0.39, 0.29) is 0 Å². The number of hydrogen-bond acceptors (Lipinski definition) is 3. The minimum absolute atomic E-state index is 0.660. The monoisotopic (exact) mass is 276 g/mol. The molecule has 1 aromatic rings. The molecule has 1 aliphatic rings. The molecule has 1 fully saturated rings. The van der Waals surface area contributed by atoms with Crippen molar-refractivity contribution in [3.05, 3.63) is 35.4 Å². The van der Waals surface area contributed by atoms with E-state index in [9.17, 15) is 0 Å². The smallest absolute Gasteiger partial charge is 0.0589 e. The van der Waals surface area contributed by atoms with Gasteiger partial charge in [-0.1, -0.05) is 24.3 Å². The molecule has 0 aromatic heterocycles. The number of nitrogens with one attached hydrogen (secondary N) is 1. The van der Waals surface area contributed by atoms with E-state index in [2.05, 4.69) is 41.4 Å². The molecular weight excluding hydrogens is 248 g/mol. The van der Waals surface area contributed by atoms with Crippen molar-refractivity contribution in [2.45, 2.75) is 38.9 Å². The lowest BCUT2D eigenvalue weighted by molar-refractivity contribution is 0.111. The van der Waals surface area contributed by atoms with Gasteiger partial charge in [0.2, 0.25) is 0 Å². The van der Waals surface area contributed by atoms with Crippen molar-refractivity contribution >= 4 is 0 Å². The number of benzene rings is 1. The van der Waals surface area contributed by atoms with E-state index >= 15 is 0 Å². The van der Waals surface area contributed by atoms with Crippen LogP contribution in [0.5, 0.6) is 0 Å². The number of rotatable bonds is 9. The van der Waals surface area contributed by atoms with Crippen LogP contribution in [0.2, 0.25) is 0 Å². The van der Waals surface area contributed by atoms with Crippen LogP contribution in [0.3, 0.4) is 0 Å². The molecule has 3 heteroatoms. The Bertz CT molecular complexity index is 404. The van der Waals surface area contributed by atoms with E-state index in [1.165, 1.54) is 24.0 Å². The highest BCUT2D eigenvalue weighted by molar-refractivity contribution is 5.27. The van der Waals surface area contributed by atoms with Crippen LogP contribution >= 0.6 is 0 Å². The molecule has 1 saturated carbocycles. The Morgan fingerprint density at radius 1 is 1.30 bits per heavy atom. The molecule has 3 nitrogen and oxygen atoms in total. The maximum absolute atomic E-state index is 5.28. The molecule has 0 spiro atoms. The first kappa shape index (κ1) is 15.5. The predicted octanol–water partition coefficient (Wildman–Crippen LogP) is 2.65. The van der Waals surface area contributed by atoms with E-state index in [1.54, 1.807) is 7.11 Å². The lowest BCUT2D eigenvalue weighted by atomic mass is 10.1. The maximum atomic E-state index is 5.28. The maximum Gasteiger partial charge on any atom is 0.0589 e. The second-order valence-corrected chi connectivity index (χ2v) is 5.84. The van der Waals surface area contributed by atoms with Crippen molar-refractivity contribution < 1.29 is 4.74 Å². The Kier molecular flexibility index (Phi) is 6.02. The molecule has 0 aliphatic heterocycles. The van der Waals surface area contributed by atoms with Crippen LogP contribution in [0.15, 0.2) is 24.3 Å². The van der Waals surface area contributed by atoms with E-state index in [0.29, 0.717) is 6.04 Å². The topological polar surface area (TPSA) is 24.5 Å². The van der Waals surface area contributed by atoms with Crippen LogP contribution in [-0.2, 0) is 17.8 Å². The molecule has 1 aliphatic carbocycles. The van der Waals surface area contributed by atoms with Gasteiger partial charge in [0.1, 0.15) is 0 Å². The van der Waals surface area contributed by atoms with Crippen molar-refractivity contribution in [2.75, 3.05) is 27.3 Å². The number of methoxy groups -OCH3 is 1. The van der Waals surface area contributed by atoms with Crippen molar-refractivity contribution in [1.29, 1.82) is 0 Å². The van der Waals surface area contributed by atoms with Gasteiger partial charge in [0.15, 0.2) is 0 Å². The van der Waals surface area contributed by atoms with E-state index in [0.717, 1.165) is 32.2 Å². The van der Waals surface area contributed by atoms with Gasteiger partial charge in [0, 0.05) is 32.8 Å². The SMILES string of the molecule is CNCc1ccccc1CN(CCOC)C(C)C1CC1. The molecule has 1 aromatic carbocycles. The van der Waals surface area contributed by atoms with Gasteiger partial charge in [-0.3, -0.25) is 4.90 Å². The van der Waals surface area contributed by atoms with Crippen LogP contribution in [0, 0.1) is 5.92 Å². The largest absolute Gasteiger partial charge is 0.383 e. The Morgan fingerprint density at radius 2 is 2.00 bits per heavy atom.